The second kappa shape index (κ2) is 18.3. The number of imide groups is 1. The van der Waals surface area contributed by atoms with Crippen LogP contribution in [0.25, 0.3) is 10.4 Å². The first-order valence-corrected chi connectivity index (χ1v) is 18.3. The molecule has 3 aromatic carbocycles. The number of rotatable bonds is 13. The highest BCUT2D eigenvalue weighted by Gasteiger charge is 2.60. The Morgan fingerprint density at radius 2 is 1.43 bits per heavy atom. The fourth-order valence-electron chi connectivity index (χ4n) is 6.77. The van der Waals surface area contributed by atoms with Crippen molar-refractivity contribution in [1.29, 1.82) is 0 Å². The molecular weight excluding hydrogens is 728 g/mol. The van der Waals surface area contributed by atoms with Crippen LogP contribution in [-0.4, -0.2) is 104 Å². The molecule has 0 N–H and O–H groups in total. The summed E-state index contributed by atoms with van der Waals surface area (Å²) >= 11 is 0. The zero-order valence-corrected chi connectivity index (χ0v) is 31.7. The van der Waals surface area contributed by atoms with E-state index >= 15 is 0 Å². The van der Waals surface area contributed by atoms with Gasteiger partial charge in [0.05, 0.1) is 24.9 Å². The van der Waals surface area contributed by atoms with Crippen molar-refractivity contribution < 1.29 is 57.0 Å². The van der Waals surface area contributed by atoms with Crippen LogP contribution in [-0.2, 0) is 55.8 Å². The van der Waals surface area contributed by atoms with E-state index in [9.17, 15) is 19.9 Å². The van der Waals surface area contributed by atoms with E-state index in [1.54, 1.807) is 58.0 Å². The quantitative estimate of drug-likeness (QED) is 0.0620. The van der Waals surface area contributed by atoms with E-state index in [1.807, 2.05) is 60.7 Å². The molecule has 0 radical (unpaired) electrons. The number of ether oxygens (including phenoxy) is 9. The van der Waals surface area contributed by atoms with Crippen LogP contribution < -0.4 is 0 Å². The first kappa shape index (κ1) is 40.6. The highest BCUT2D eigenvalue weighted by Crippen LogP contribution is 2.39. The lowest BCUT2D eigenvalue weighted by Gasteiger charge is -2.48. The minimum absolute atomic E-state index is 0.0993. The van der Waals surface area contributed by atoms with Gasteiger partial charge in [0.2, 0.25) is 0 Å². The molecule has 3 aliphatic heterocycles. The number of methoxy groups -OCH3 is 1. The second-order valence-corrected chi connectivity index (χ2v) is 14.5. The molecule has 16 nitrogen and oxygen atoms in total. The van der Waals surface area contributed by atoms with Crippen LogP contribution in [0.1, 0.15) is 49.2 Å². The average molecular weight is 775 g/mol. The molecule has 2 amide bonds. The third-order valence-electron chi connectivity index (χ3n) is 9.36. The van der Waals surface area contributed by atoms with Gasteiger partial charge < -0.3 is 42.6 Å². The van der Waals surface area contributed by atoms with E-state index in [1.165, 1.54) is 7.11 Å². The van der Waals surface area contributed by atoms with Crippen molar-refractivity contribution in [2.75, 3.05) is 13.7 Å². The maximum atomic E-state index is 13.6. The largest absolute Gasteiger partial charge is 0.459 e. The van der Waals surface area contributed by atoms with Gasteiger partial charge in [0.25, 0.3) is 0 Å². The van der Waals surface area contributed by atoms with Crippen LogP contribution in [0.2, 0.25) is 0 Å². The molecular formula is C40H46N4O12. The van der Waals surface area contributed by atoms with Crippen LogP contribution in [0, 0.1) is 0 Å². The van der Waals surface area contributed by atoms with Crippen LogP contribution in [0.15, 0.2) is 96.1 Å². The number of amides is 2. The van der Waals surface area contributed by atoms with Crippen molar-refractivity contribution in [2.24, 2.45) is 5.11 Å². The summed E-state index contributed by atoms with van der Waals surface area (Å²) in [6.45, 7) is 6.48. The molecule has 3 aliphatic rings. The molecule has 0 saturated carbocycles. The molecule has 6 rings (SSSR count). The number of nitrogens with zero attached hydrogens (tertiary/aromatic N) is 4. The van der Waals surface area contributed by atoms with Gasteiger partial charge in [-0.1, -0.05) is 84.0 Å². The van der Waals surface area contributed by atoms with Crippen molar-refractivity contribution in [3.05, 3.63) is 118 Å². The van der Waals surface area contributed by atoms with Gasteiger partial charge in [-0.2, -0.15) is 0 Å². The number of hydrogen-bond donors (Lipinski definition) is 0. The van der Waals surface area contributed by atoms with Gasteiger partial charge in [0.1, 0.15) is 54.8 Å². The van der Waals surface area contributed by atoms with Crippen molar-refractivity contribution in [3.8, 4) is 0 Å². The van der Waals surface area contributed by atoms with Gasteiger partial charge in [0, 0.05) is 12.0 Å². The summed E-state index contributed by atoms with van der Waals surface area (Å²) in [4.78, 5) is 44.0. The molecule has 0 bridgehead atoms. The van der Waals surface area contributed by atoms with E-state index in [2.05, 4.69) is 10.0 Å². The van der Waals surface area contributed by atoms with Crippen molar-refractivity contribution in [1.82, 2.24) is 4.90 Å². The highest BCUT2D eigenvalue weighted by atomic mass is 16.7. The average Bonchev–Trinajstić information content (AvgIpc) is 3.54. The zero-order chi connectivity index (χ0) is 39.8. The summed E-state index contributed by atoms with van der Waals surface area (Å²) in [7, 11) is 1.46. The lowest BCUT2D eigenvalue weighted by molar-refractivity contribution is -0.348. The van der Waals surface area contributed by atoms with Gasteiger partial charge >= 0.3 is 18.2 Å². The standard InChI is InChI=1S/C40H46N4O12/c1-24-29(42-43-41)32-30(44(38(46)55-32)39(47)56-40(2,3)4)36(52-24)54-31-28(23-51-35(45)27-19-13-8-14-20-27)53-37(48-5)34(50-22-26-17-11-7-12-18-26)33(31)49-21-25-15-9-6-10-16-25/h6-20,24,28-34,36-37H,21-23H2,1-5H3/t24-,28-,29+,30-,31+,32+,33+,34-,36+,37+/m1/s1. The summed E-state index contributed by atoms with van der Waals surface area (Å²) in [5.74, 6) is -0.614. The number of azide groups is 1. The number of carbonyl (C=O) groups excluding carboxylic acids is 3. The molecule has 0 aromatic heterocycles. The minimum Gasteiger partial charge on any atom is -0.459 e. The van der Waals surface area contributed by atoms with Gasteiger partial charge in [-0.3, -0.25) is 0 Å². The predicted octanol–water partition coefficient (Wildman–Crippen LogP) is 6.32. The van der Waals surface area contributed by atoms with E-state index in [-0.39, 0.29) is 19.8 Å². The number of carbonyl (C=O) groups is 3. The van der Waals surface area contributed by atoms with Crippen LogP contribution in [0.4, 0.5) is 9.59 Å². The maximum absolute atomic E-state index is 13.6. The molecule has 298 valence electrons. The summed E-state index contributed by atoms with van der Waals surface area (Å²) in [5, 5.41) is 3.85. The molecule has 10 atom stereocenters. The topological polar surface area (TPSA) is 186 Å². The van der Waals surface area contributed by atoms with Crippen LogP contribution in [0.3, 0.4) is 0 Å². The summed E-state index contributed by atoms with van der Waals surface area (Å²) < 4.78 is 55.7. The van der Waals surface area contributed by atoms with E-state index in [4.69, 9.17) is 42.6 Å². The Hall–Kier alpha value is -5.06. The van der Waals surface area contributed by atoms with E-state index < -0.39 is 85.0 Å². The van der Waals surface area contributed by atoms with E-state index in [0.29, 0.717) is 5.56 Å². The molecule has 3 saturated heterocycles. The van der Waals surface area contributed by atoms with Crippen molar-refractivity contribution in [3.63, 3.8) is 0 Å². The Labute approximate surface area is 324 Å². The number of hydrogen-bond acceptors (Lipinski definition) is 13. The number of benzene rings is 3. The zero-order valence-electron chi connectivity index (χ0n) is 31.7. The predicted molar refractivity (Wildman–Crippen MR) is 197 cm³/mol. The van der Waals surface area contributed by atoms with Gasteiger partial charge in [-0.15, -0.1) is 0 Å². The molecule has 16 heteroatoms. The van der Waals surface area contributed by atoms with Crippen LogP contribution >= 0.6 is 0 Å². The smallest absolute Gasteiger partial charge is 0.420 e. The molecule has 3 aromatic rings. The summed E-state index contributed by atoms with van der Waals surface area (Å²) in [6.07, 6.45) is -10.7. The van der Waals surface area contributed by atoms with Gasteiger partial charge in [-0.25, -0.2) is 19.3 Å². The van der Waals surface area contributed by atoms with Gasteiger partial charge in [-0.05, 0) is 56.5 Å². The number of fused-ring (bicyclic) bond motifs is 1. The lowest BCUT2D eigenvalue weighted by Crippen LogP contribution is -2.66. The molecule has 56 heavy (non-hydrogen) atoms. The van der Waals surface area contributed by atoms with Crippen molar-refractivity contribution >= 4 is 18.2 Å². The Balaban J connectivity index is 1.39. The molecule has 0 unspecified atom stereocenters. The number of esters is 1. The normalized spacial score (nSPS) is 28.7. The highest BCUT2D eigenvalue weighted by molar-refractivity contribution is 5.90. The van der Waals surface area contributed by atoms with Gasteiger partial charge in [0.15, 0.2) is 12.6 Å². The van der Waals surface area contributed by atoms with Crippen molar-refractivity contribution in [2.45, 2.75) is 108 Å². The Kier molecular flexibility index (Phi) is 13.2. The van der Waals surface area contributed by atoms with E-state index in [0.717, 1.165) is 16.0 Å². The fourth-order valence-corrected chi connectivity index (χ4v) is 6.77. The first-order chi connectivity index (χ1) is 27.0. The fraction of sp³-hybridized carbons (Fsp3) is 0.475. The molecule has 0 aliphatic carbocycles. The maximum Gasteiger partial charge on any atom is 0.420 e. The molecule has 3 heterocycles. The SMILES string of the molecule is CO[C@H]1O[C@H](COC(=O)c2ccccc2)[C@H](O[C@@H]2O[C@H](C)[C@H](N=[N+]=[N-])[C@@H]3OC(=O)N(C(=O)OC(C)(C)C)[C@@H]23)[C@H](OCc2ccccc2)[C@H]1OCc1ccccc1. The lowest BCUT2D eigenvalue weighted by atomic mass is 9.94. The van der Waals surface area contributed by atoms with Crippen LogP contribution in [0.5, 0.6) is 0 Å². The monoisotopic (exact) mass is 774 g/mol. The Morgan fingerprint density at radius 3 is 2.00 bits per heavy atom. The molecule has 3 fully saturated rings. The summed E-state index contributed by atoms with van der Waals surface area (Å²) in [5.41, 5.74) is 10.5. The third kappa shape index (κ3) is 9.65. The second-order valence-electron chi connectivity index (χ2n) is 14.5. The summed E-state index contributed by atoms with van der Waals surface area (Å²) in [6, 6.07) is 25.0. The Bertz CT molecular complexity index is 1820. The third-order valence-corrected chi connectivity index (χ3v) is 9.36. The molecule has 0 spiro atoms. The Morgan fingerprint density at radius 1 is 0.839 bits per heavy atom. The first-order valence-electron chi connectivity index (χ1n) is 18.3. The minimum atomic E-state index is -1.42.